The lowest BCUT2D eigenvalue weighted by Crippen LogP contribution is -2.27. The van der Waals surface area contributed by atoms with E-state index in [1.54, 1.807) is 30.3 Å². The lowest BCUT2D eigenvalue weighted by molar-refractivity contribution is -0.121. The number of nitrogens with one attached hydrogen (secondary N) is 2. The van der Waals surface area contributed by atoms with Gasteiger partial charge < -0.3 is 10.3 Å². The van der Waals surface area contributed by atoms with E-state index in [2.05, 4.69) is 20.6 Å². The van der Waals surface area contributed by atoms with Gasteiger partial charge in [-0.05, 0) is 48.7 Å². The molecule has 0 bridgehead atoms. The molecule has 0 saturated heterocycles. The smallest absolute Gasteiger partial charge is 0.277 e. The van der Waals surface area contributed by atoms with Crippen LogP contribution in [-0.2, 0) is 17.8 Å². The third-order valence-corrected chi connectivity index (χ3v) is 4.85. The molecule has 0 fully saturated rings. The minimum atomic E-state index is -0.283. The number of carbonyl (C=O) groups is 1. The van der Waals surface area contributed by atoms with E-state index >= 15 is 0 Å². The molecule has 2 aromatic heterocycles. The first-order valence-electron chi connectivity index (χ1n) is 9.46. The van der Waals surface area contributed by atoms with Gasteiger partial charge in [-0.2, -0.15) is 0 Å². The van der Waals surface area contributed by atoms with Gasteiger partial charge in [0.25, 0.3) is 5.56 Å². The maximum absolute atomic E-state index is 13.4. The highest BCUT2D eigenvalue weighted by Gasteiger charge is 2.08. The van der Waals surface area contributed by atoms with Crippen LogP contribution in [0.4, 0.5) is 4.39 Å². The highest BCUT2D eigenvalue weighted by Crippen LogP contribution is 2.19. The van der Waals surface area contributed by atoms with Gasteiger partial charge in [0.2, 0.25) is 5.91 Å². The molecular formula is C21H20FN5O2. The number of aromatic amines is 1. The lowest BCUT2D eigenvalue weighted by atomic mass is 10.1. The van der Waals surface area contributed by atoms with Crippen LogP contribution in [0.2, 0.25) is 0 Å². The van der Waals surface area contributed by atoms with Crippen molar-refractivity contribution in [3.63, 3.8) is 0 Å². The van der Waals surface area contributed by atoms with Crippen molar-refractivity contribution in [2.45, 2.75) is 25.8 Å². The molecule has 2 aromatic carbocycles. The summed E-state index contributed by atoms with van der Waals surface area (Å²) in [6, 6.07) is 11.6. The molecule has 4 rings (SSSR count). The Morgan fingerprint density at radius 1 is 1.17 bits per heavy atom. The summed E-state index contributed by atoms with van der Waals surface area (Å²) in [5.41, 5.74) is 2.18. The van der Waals surface area contributed by atoms with Crippen molar-refractivity contribution in [1.29, 1.82) is 0 Å². The van der Waals surface area contributed by atoms with Crippen molar-refractivity contribution in [3.8, 4) is 0 Å². The zero-order valence-corrected chi connectivity index (χ0v) is 15.7. The van der Waals surface area contributed by atoms with Gasteiger partial charge in [-0.15, -0.1) is 5.10 Å². The average molecular weight is 393 g/mol. The standard InChI is InChI=1S/C21H20FN5O2/c22-15-7-8-18-17(12-15)14(13-24-18)9-10-23-20(28)6-3-11-27-21(29)16-4-1-2-5-19(16)25-26-27/h1-2,4-5,7-8,12-13,24H,3,6,9-11H2,(H,23,28). The van der Waals surface area contributed by atoms with Crippen LogP contribution in [0.1, 0.15) is 18.4 Å². The molecule has 1 amide bonds. The summed E-state index contributed by atoms with van der Waals surface area (Å²) >= 11 is 0. The second-order valence-corrected chi connectivity index (χ2v) is 6.84. The molecule has 7 nitrogen and oxygen atoms in total. The van der Waals surface area contributed by atoms with E-state index in [1.165, 1.54) is 16.8 Å². The summed E-state index contributed by atoms with van der Waals surface area (Å²) in [5.74, 6) is -0.382. The first kappa shape index (κ1) is 18.8. The topological polar surface area (TPSA) is 92.7 Å². The van der Waals surface area contributed by atoms with Crippen LogP contribution in [0.3, 0.4) is 0 Å². The van der Waals surface area contributed by atoms with Gasteiger partial charge in [-0.1, -0.05) is 17.3 Å². The van der Waals surface area contributed by atoms with Crippen molar-refractivity contribution in [1.82, 2.24) is 25.3 Å². The molecule has 148 valence electrons. The Hall–Kier alpha value is -3.55. The molecule has 8 heteroatoms. The largest absolute Gasteiger partial charge is 0.361 e. The number of benzene rings is 2. The molecule has 4 aromatic rings. The third kappa shape index (κ3) is 4.16. The van der Waals surface area contributed by atoms with E-state index in [0.29, 0.717) is 36.8 Å². The Labute approximate surface area is 165 Å². The SMILES string of the molecule is O=C(CCCn1nnc2ccccc2c1=O)NCCc1c[nH]c2ccc(F)cc12. The van der Waals surface area contributed by atoms with E-state index < -0.39 is 0 Å². The molecular weight excluding hydrogens is 373 g/mol. The molecule has 2 heterocycles. The fraction of sp³-hybridized carbons (Fsp3) is 0.238. The second kappa shape index (κ2) is 8.22. The first-order valence-corrected chi connectivity index (χ1v) is 9.46. The van der Waals surface area contributed by atoms with Crippen molar-refractivity contribution in [2.75, 3.05) is 6.54 Å². The normalized spacial score (nSPS) is 11.2. The van der Waals surface area contributed by atoms with Crippen LogP contribution in [-0.4, -0.2) is 32.4 Å². The molecule has 0 atom stereocenters. The number of rotatable bonds is 7. The third-order valence-electron chi connectivity index (χ3n) is 4.85. The van der Waals surface area contributed by atoms with Crippen molar-refractivity contribution >= 4 is 27.7 Å². The molecule has 0 aliphatic heterocycles. The van der Waals surface area contributed by atoms with Gasteiger partial charge in [-0.25, -0.2) is 9.07 Å². The first-order chi connectivity index (χ1) is 14.1. The number of aromatic nitrogens is 4. The number of halogens is 1. The predicted molar refractivity (Wildman–Crippen MR) is 108 cm³/mol. The van der Waals surface area contributed by atoms with Crippen LogP contribution in [0.25, 0.3) is 21.8 Å². The average Bonchev–Trinajstić information content (AvgIpc) is 3.12. The summed E-state index contributed by atoms with van der Waals surface area (Å²) in [7, 11) is 0. The number of hydrogen-bond acceptors (Lipinski definition) is 4. The zero-order valence-electron chi connectivity index (χ0n) is 15.7. The maximum atomic E-state index is 13.4. The minimum Gasteiger partial charge on any atom is -0.361 e. The van der Waals surface area contributed by atoms with Crippen LogP contribution >= 0.6 is 0 Å². The predicted octanol–water partition coefficient (Wildman–Crippen LogP) is 2.55. The lowest BCUT2D eigenvalue weighted by Gasteiger charge is -2.06. The Kier molecular flexibility index (Phi) is 5.33. The summed E-state index contributed by atoms with van der Waals surface area (Å²) in [5, 5.41) is 12.2. The number of carbonyl (C=O) groups excluding carboxylic acids is 1. The number of nitrogens with zero attached hydrogens (tertiary/aromatic N) is 3. The molecule has 29 heavy (non-hydrogen) atoms. The van der Waals surface area contributed by atoms with E-state index in [4.69, 9.17) is 0 Å². The zero-order chi connectivity index (χ0) is 20.2. The molecule has 0 aliphatic carbocycles. The van der Waals surface area contributed by atoms with Crippen LogP contribution in [0, 0.1) is 5.82 Å². The monoisotopic (exact) mass is 393 g/mol. The van der Waals surface area contributed by atoms with Gasteiger partial charge in [0.05, 0.1) is 5.39 Å². The van der Waals surface area contributed by atoms with Crippen LogP contribution < -0.4 is 10.9 Å². The minimum absolute atomic E-state index is 0.0992. The van der Waals surface area contributed by atoms with E-state index in [1.807, 2.05) is 6.20 Å². The second-order valence-electron chi connectivity index (χ2n) is 6.84. The highest BCUT2D eigenvalue weighted by molar-refractivity contribution is 5.83. The van der Waals surface area contributed by atoms with Crippen molar-refractivity contribution in [2.24, 2.45) is 0 Å². The summed E-state index contributed by atoms with van der Waals surface area (Å²) < 4.78 is 14.7. The molecule has 2 N–H and O–H groups in total. The van der Waals surface area contributed by atoms with Crippen molar-refractivity contribution in [3.05, 3.63) is 70.4 Å². The molecule has 0 aliphatic rings. The number of H-pyrrole nitrogens is 1. The summed E-state index contributed by atoms with van der Waals surface area (Å²) in [6.45, 7) is 0.782. The molecule has 0 unspecified atom stereocenters. The van der Waals surface area contributed by atoms with E-state index in [-0.39, 0.29) is 23.7 Å². The summed E-state index contributed by atoms with van der Waals surface area (Å²) in [4.78, 5) is 27.5. The van der Waals surface area contributed by atoms with Gasteiger partial charge in [0.1, 0.15) is 11.3 Å². The quantitative estimate of drug-likeness (QED) is 0.505. The molecule has 0 saturated carbocycles. The fourth-order valence-electron chi connectivity index (χ4n) is 3.34. The Bertz CT molecular complexity index is 1230. The van der Waals surface area contributed by atoms with Gasteiger partial charge >= 0.3 is 0 Å². The Morgan fingerprint density at radius 2 is 2.03 bits per heavy atom. The Balaban J connectivity index is 1.27. The van der Waals surface area contributed by atoms with E-state index in [9.17, 15) is 14.0 Å². The Morgan fingerprint density at radius 3 is 2.93 bits per heavy atom. The van der Waals surface area contributed by atoms with E-state index in [0.717, 1.165) is 16.5 Å². The molecule has 0 spiro atoms. The van der Waals surface area contributed by atoms with Crippen molar-refractivity contribution < 1.29 is 9.18 Å². The van der Waals surface area contributed by atoms with Gasteiger partial charge in [0, 0.05) is 36.6 Å². The fourth-order valence-corrected chi connectivity index (χ4v) is 3.34. The van der Waals surface area contributed by atoms with Crippen LogP contribution in [0.15, 0.2) is 53.5 Å². The van der Waals surface area contributed by atoms with Gasteiger partial charge in [-0.3, -0.25) is 9.59 Å². The number of aryl methyl sites for hydroxylation is 1. The van der Waals surface area contributed by atoms with Crippen LogP contribution in [0.5, 0.6) is 0 Å². The number of hydrogen-bond donors (Lipinski definition) is 2. The number of amides is 1. The number of fused-ring (bicyclic) bond motifs is 2. The maximum Gasteiger partial charge on any atom is 0.277 e. The molecule has 0 radical (unpaired) electrons. The summed E-state index contributed by atoms with van der Waals surface area (Å²) in [6.07, 6.45) is 3.20. The highest BCUT2D eigenvalue weighted by atomic mass is 19.1. The van der Waals surface area contributed by atoms with Gasteiger partial charge in [0.15, 0.2) is 0 Å².